The predicted octanol–water partition coefficient (Wildman–Crippen LogP) is 5.81. The number of hydrogen-bond acceptors (Lipinski definition) is 6. The first-order valence-corrected chi connectivity index (χ1v) is 11.6. The highest BCUT2D eigenvalue weighted by atomic mass is 16.5. The molecule has 34 heavy (non-hydrogen) atoms. The van der Waals surface area contributed by atoms with E-state index < -0.39 is 5.97 Å². The highest BCUT2D eigenvalue weighted by Crippen LogP contribution is 2.39. The number of carbonyl (C=O) groups excluding carboxylic acids is 1. The lowest BCUT2D eigenvalue weighted by Crippen LogP contribution is -2.10. The molecule has 0 spiro atoms. The van der Waals surface area contributed by atoms with Crippen molar-refractivity contribution in [2.24, 2.45) is 0 Å². The highest BCUT2D eigenvalue weighted by Gasteiger charge is 2.22. The van der Waals surface area contributed by atoms with Crippen LogP contribution in [0.15, 0.2) is 12.1 Å². The topological polar surface area (TPSA) is 102 Å². The van der Waals surface area contributed by atoms with E-state index in [2.05, 4.69) is 0 Å². The van der Waals surface area contributed by atoms with Crippen LogP contribution in [0.1, 0.15) is 82.0 Å². The number of hydrogen-bond donors (Lipinski definition) is 2. The van der Waals surface area contributed by atoms with Crippen LogP contribution in [0.2, 0.25) is 0 Å². The molecule has 0 atom stereocenters. The number of phenols is 1. The first kappa shape index (κ1) is 27.0. The fraction of sp³-hybridized carbons (Fsp3) is 0.481. The number of methoxy groups -OCH3 is 2. The maximum atomic E-state index is 13.0. The summed E-state index contributed by atoms with van der Waals surface area (Å²) in [6.07, 6.45) is 3.97. The van der Waals surface area contributed by atoms with Gasteiger partial charge < -0.3 is 24.4 Å². The van der Waals surface area contributed by atoms with E-state index in [1.807, 2.05) is 27.7 Å². The second-order valence-corrected chi connectivity index (χ2v) is 8.39. The van der Waals surface area contributed by atoms with Gasteiger partial charge in [0.1, 0.15) is 17.1 Å². The molecule has 0 saturated heterocycles. The Morgan fingerprint density at radius 1 is 0.912 bits per heavy atom. The van der Waals surface area contributed by atoms with Crippen molar-refractivity contribution in [3.8, 4) is 23.0 Å². The summed E-state index contributed by atoms with van der Waals surface area (Å²) in [5.41, 5.74) is 3.71. The molecular weight excluding hydrogens is 436 g/mol. The molecule has 7 heteroatoms. The second-order valence-electron chi connectivity index (χ2n) is 8.39. The Balaban J connectivity index is 1.96. The van der Waals surface area contributed by atoms with Crippen molar-refractivity contribution >= 4 is 11.8 Å². The summed E-state index contributed by atoms with van der Waals surface area (Å²) in [5.74, 6) is 0.458. The third-order valence-electron chi connectivity index (χ3n) is 6.16. The molecule has 186 valence electrons. The van der Waals surface area contributed by atoms with Gasteiger partial charge in [-0.3, -0.25) is 4.79 Å². The molecule has 2 rings (SSSR count). The van der Waals surface area contributed by atoms with Gasteiger partial charge in [0.2, 0.25) is 0 Å². The molecular formula is C27H36O7. The van der Waals surface area contributed by atoms with E-state index >= 15 is 0 Å². The summed E-state index contributed by atoms with van der Waals surface area (Å²) >= 11 is 0. The molecule has 0 heterocycles. The number of benzene rings is 2. The van der Waals surface area contributed by atoms with Gasteiger partial charge in [0, 0.05) is 23.1 Å². The van der Waals surface area contributed by atoms with E-state index in [0.29, 0.717) is 47.8 Å². The van der Waals surface area contributed by atoms with Gasteiger partial charge in [0.25, 0.3) is 0 Å². The van der Waals surface area contributed by atoms with Crippen LogP contribution >= 0.6 is 0 Å². The third-order valence-corrected chi connectivity index (χ3v) is 6.16. The molecule has 0 saturated carbocycles. The van der Waals surface area contributed by atoms with Gasteiger partial charge in [-0.2, -0.15) is 0 Å². The first-order chi connectivity index (χ1) is 16.2. The van der Waals surface area contributed by atoms with Gasteiger partial charge in [-0.15, -0.1) is 0 Å². The minimum absolute atomic E-state index is 0.0828. The van der Waals surface area contributed by atoms with Crippen molar-refractivity contribution in [1.82, 2.24) is 0 Å². The first-order valence-electron chi connectivity index (χ1n) is 11.6. The zero-order chi connectivity index (χ0) is 25.4. The summed E-state index contributed by atoms with van der Waals surface area (Å²) in [4.78, 5) is 24.3. The fourth-order valence-electron chi connectivity index (χ4n) is 4.29. The van der Waals surface area contributed by atoms with E-state index in [1.165, 1.54) is 6.07 Å². The monoisotopic (exact) mass is 472 g/mol. The smallest absolute Gasteiger partial charge is 0.339 e. The zero-order valence-corrected chi connectivity index (χ0v) is 21.0. The van der Waals surface area contributed by atoms with Gasteiger partial charge in [0.05, 0.1) is 20.8 Å². The maximum absolute atomic E-state index is 13.0. The van der Waals surface area contributed by atoms with Crippen molar-refractivity contribution in [2.45, 2.75) is 66.2 Å². The van der Waals surface area contributed by atoms with E-state index in [0.717, 1.165) is 42.4 Å². The Labute approximate surface area is 201 Å². The number of ether oxygens (including phenoxy) is 3. The zero-order valence-electron chi connectivity index (χ0n) is 21.0. The molecule has 2 N–H and O–H groups in total. The lowest BCUT2D eigenvalue weighted by Gasteiger charge is -2.19. The number of carbonyl (C=O) groups is 2. The van der Waals surface area contributed by atoms with Crippen LogP contribution in [-0.4, -0.2) is 42.8 Å². The van der Waals surface area contributed by atoms with Gasteiger partial charge >= 0.3 is 5.97 Å². The Bertz CT molecular complexity index is 1040. The SMILES string of the molecule is CCCc1c(OCCCCCC(=O)c2c(C)c(C)c(OC)c(OC)c2C)ccc(C(=O)O)c1O. The molecule has 0 aliphatic carbocycles. The summed E-state index contributed by atoms with van der Waals surface area (Å²) in [6.45, 7) is 8.12. The normalized spacial score (nSPS) is 10.8. The van der Waals surface area contributed by atoms with Crippen molar-refractivity contribution in [3.63, 3.8) is 0 Å². The van der Waals surface area contributed by atoms with Crippen molar-refractivity contribution in [1.29, 1.82) is 0 Å². The van der Waals surface area contributed by atoms with Crippen molar-refractivity contribution in [2.75, 3.05) is 20.8 Å². The van der Waals surface area contributed by atoms with Crippen LogP contribution in [0.4, 0.5) is 0 Å². The molecule has 0 aliphatic heterocycles. The van der Waals surface area contributed by atoms with E-state index in [1.54, 1.807) is 20.3 Å². The third kappa shape index (κ3) is 5.82. The average Bonchev–Trinajstić information content (AvgIpc) is 2.80. The van der Waals surface area contributed by atoms with E-state index in [9.17, 15) is 19.8 Å². The maximum Gasteiger partial charge on any atom is 0.339 e. The van der Waals surface area contributed by atoms with E-state index in [4.69, 9.17) is 14.2 Å². The molecule has 7 nitrogen and oxygen atoms in total. The Morgan fingerprint density at radius 2 is 1.56 bits per heavy atom. The van der Waals surface area contributed by atoms with Crippen LogP contribution < -0.4 is 14.2 Å². The predicted molar refractivity (Wildman–Crippen MR) is 131 cm³/mol. The quantitative estimate of drug-likeness (QED) is 0.280. The fourth-order valence-corrected chi connectivity index (χ4v) is 4.29. The number of Topliss-reactive ketones (excluding diaryl/α,β-unsaturated/α-hetero) is 1. The van der Waals surface area contributed by atoms with Crippen LogP contribution in [0, 0.1) is 20.8 Å². The minimum atomic E-state index is -1.17. The molecule has 2 aromatic rings. The van der Waals surface area contributed by atoms with Crippen LogP contribution in [0.5, 0.6) is 23.0 Å². The summed E-state index contributed by atoms with van der Waals surface area (Å²) in [5, 5.41) is 19.5. The van der Waals surface area contributed by atoms with Gasteiger partial charge in [0.15, 0.2) is 17.3 Å². The van der Waals surface area contributed by atoms with E-state index in [-0.39, 0.29) is 17.1 Å². The molecule has 0 radical (unpaired) electrons. The van der Waals surface area contributed by atoms with Crippen molar-refractivity contribution < 1.29 is 34.0 Å². The van der Waals surface area contributed by atoms with Crippen LogP contribution in [0.25, 0.3) is 0 Å². The molecule has 0 bridgehead atoms. The largest absolute Gasteiger partial charge is 0.507 e. The number of carboxylic acid groups (broad SMARTS) is 1. The molecule has 2 aromatic carbocycles. The molecule has 0 aromatic heterocycles. The Hall–Kier alpha value is -3.22. The van der Waals surface area contributed by atoms with Crippen LogP contribution in [0.3, 0.4) is 0 Å². The number of unbranched alkanes of at least 4 members (excludes halogenated alkanes) is 2. The number of rotatable bonds is 13. The number of aromatic carboxylic acids is 1. The minimum Gasteiger partial charge on any atom is -0.507 e. The standard InChI is InChI=1S/C27H36O7/c1-7-11-19-22(14-13-20(24(19)29)27(30)31)34-15-10-8-9-12-21(28)23-16(2)17(3)25(32-5)26(33-6)18(23)4/h13-14,29H,7-12,15H2,1-6H3,(H,30,31). The van der Waals surface area contributed by atoms with Crippen LogP contribution in [-0.2, 0) is 6.42 Å². The second kappa shape index (κ2) is 12.3. The number of aromatic hydroxyl groups is 1. The number of ketones is 1. The summed E-state index contributed by atoms with van der Waals surface area (Å²) < 4.78 is 16.8. The Morgan fingerprint density at radius 3 is 2.15 bits per heavy atom. The van der Waals surface area contributed by atoms with Gasteiger partial charge in [-0.1, -0.05) is 13.3 Å². The lowest BCUT2D eigenvalue weighted by molar-refractivity contribution is 0.0693. The molecule has 0 unspecified atom stereocenters. The molecule has 0 amide bonds. The highest BCUT2D eigenvalue weighted by molar-refractivity contribution is 6.00. The molecule has 0 aliphatic rings. The van der Waals surface area contributed by atoms with Gasteiger partial charge in [-0.05, 0) is 69.7 Å². The number of carboxylic acids is 1. The average molecular weight is 473 g/mol. The lowest BCUT2D eigenvalue weighted by atomic mass is 9.91. The summed E-state index contributed by atoms with van der Waals surface area (Å²) in [6, 6.07) is 2.96. The van der Waals surface area contributed by atoms with Gasteiger partial charge in [-0.25, -0.2) is 4.79 Å². The summed E-state index contributed by atoms with van der Waals surface area (Å²) in [7, 11) is 3.18. The van der Waals surface area contributed by atoms with Crippen molar-refractivity contribution in [3.05, 3.63) is 45.5 Å². The molecule has 0 fully saturated rings. The Kier molecular flexibility index (Phi) is 9.78.